The Kier molecular flexibility index (Phi) is 7.44. The van der Waals surface area contributed by atoms with Crippen molar-refractivity contribution in [1.82, 2.24) is 4.90 Å². The molecular weight excluding hydrogens is 326 g/mol. The summed E-state index contributed by atoms with van der Waals surface area (Å²) in [7, 11) is 0. The van der Waals surface area contributed by atoms with Gasteiger partial charge in [-0.3, -0.25) is 4.79 Å². The Morgan fingerprint density at radius 2 is 1.62 bits per heavy atom. The van der Waals surface area contributed by atoms with Gasteiger partial charge in [-0.2, -0.15) is 0 Å². The Balaban J connectivity index is 2.89. The number of hydrogen-bond acceptors (Lipinski definition) is 1. The van der Waals surface area contributed by atoms with E-state index in [-0.39, 0.29) is 5.91 Å². The van der Waals surface area contributed by atoms with Gasteiger partial charge in [-0.15, -0.1) is 0 Å². The highest BCUT2D eigenvalue weighted by Gasteiger charge is 2.19. The molecule has 0 atom stereocenters. The van der Waals surface area contributed by atoms with Crippen molar-refractivity contribution in [3.8, 4) is 0 Å². The summed E-state index contributed by atoms with van der Waals surface area (Å²) in [5.41, 5.74) is 1.89. The van der Waals surface area contributed by atoms with E-state index in [0.717, 1.165) is 41.5 Å². The highest BCUT2D eigenvalue weighted by atomic mass is 79.9. The van der Waals surface area contributed by atoms with E-state index in [4.69, 9.17) is 0 Å². The minimum atomic E-state index is 0.145. The summed E-state index contributed by atoms with van der Waals surface area (Å²) in [6.45, 7) is 12.5. The lowest BCUT2D eigenvalue weighted by Crippen LogP contribution is -2.34. The first-order chi connectivity index (χ1) is 9.82. The molecule has 1 aromatic rings. The van der Waals surface area contributed by atoms with Crippen LogP contribution in [0.2, 0.25) is 0 Å². The molecule has 0 fully saturated rings. The maximum Gasteiger partial charge on any atom is 0.255 e. The molecule has 0 heterocycles. The summed E-state index contributed by atoms with van der Waals surface area (Å²) in [6.07, 6.45) is 2.10. The first kappa shape index (κ1) is 18.2. The van der Waals surface area contributed by atoms with Gasteiger partial charge in [0, 0.05) is 17.6 Å². The van der Waals surface area contributed by atoms with Gasteiger partial charge in [0.15, 0.2) is 0 Å². The van der Waals surface area contributed by atoms with Crippen LogP contribution in [0, 0.1) is 18.8 Å². The van der Waals surface area contributed by atoms with Gasteiger partial charge in [0.25, 0.3) is 5.91 Å². The van der Waals surface area contributed by atoms with E-state index in [1.165, 1.54) is 0 Å². The minimum absolute atomic E-state index is 0.145. The third-order valence-electron chi connectivity index (χ3n) is 3.66. The Morgan fingerprint density at radius 1 is 1.10 bits per heavy atom. The molecule has 0 bridgehead atoms. The fourth-order valence-electron chi connectivity index (χ4n) is 2.13. The van der Waals surface area contributed by atoms with Crippen molar-refractivity contribution < 1.29 is 4.79 Å². The molecule has 0 saturated carbocycles. The lowest BCUT2D eigenvalue weighted by molar-refractivity contribution is 0.0740. The van der Waals surface area contributed by atoms with Crippen molar-refractivity contribution in [2.45, 2.75) is 47.5 Å². The number of aryl methyl sites for hydroxylation is 1. The van der Waals surface area contributed by atoms with Gasteiger partial charge in [-0.25, -0.2) is 0 Å². The third-order valence-corrected chi connectivity index (χ3v) is 4.71. The Morgan fingerprint density at radius 3 is 2.10 bits per heavy atom. The monoisotopic (exact) mass is 353 g/mol. The van der Waals surface area contributed by atoms with E-state index in [0.29, 0.717) is 11.8 Å². The van der Waals surface area contributed by atoms with Gasteiger partial charge >= 0.3 is 0 Å². The predicted molar refractivity (Wildman–Crippen MR) is 93.7 cm³/mol. The average molecular weight is 354 g/mol. The molecule has 0 unspecified atom stereocenters. The van der Waals surface area contributed by atoms with Crippen LogP contribution in [0.3, 0.4) is 0 Å². The summed E-state index contributed by atoms with van der Waals surface area (Å²) >= 11 is 3.56. The predicted octanol–water partition coefficient (Wildman–Crippen LogP) is 5.29. The highest BCUT2D eigenvalue weighted by molar-refractivity contribution is 9.10. The van der Waals surface area contributed by atoms with Gasteiger partial charge in [0.1, 0.15) is 0 Å². The van der Waals surface area contributed by atoms with Crippen molar-refractivity contribution in [3.05, 3.63) is 33.8 Å². The zero-order chi connectivity index (χ0) is 16.0. The standard InChI is InChI=1S/C18H28BrNO/c1-13(2)9-11-20(12-10-14(3)4)18(21)16-8-6-7-15(5)17(16)19/h6-8,13-14H,9-12H2,1-5H3. The first-order valence-electron chi connectivity index (χ1n) is 7.87. The number of halogens is 1. The molecule has 0 aliphatic carbocycles. The third kappa shape index (κ3) is 5.82. The molecule has 0 aromatic heterocycles. The number of carbonyl (C=O) groups is 1. The largest absolute Gasteiger partial charge is 0.339 e. The van der Waals surface area contributed by atoms with E-state index in [1.54, 1.807) is 0 Å². The van der Waals surface area contributed by atoms with Crippen molar-refractivity contribution in [2.75, 3.05) is 13.1 Å². The maximum atomic E-state index is 12.8. The molecule has 118 valence electrons. The number of carbonyl (C=O) groups excluding carboxylic acids is 1. The van der Waals surface area contributed by atoms with Gasteiger partial charge in [-0.1, -0.05) is 39.8 Å². The Hall–Kier alpha value is -0.830. The minimum Gasteiger partial charge on any atom is -0.339 e. The second-order valence-corrected chi connectivity index (χ2v) is 7.39. The van der Waals surface area contributed by atoms with Crippen molar-refractivity contribution in [3.63, 3.8) is 0 Å². The van der Waals surface area contributed by atoms with Crippen LogP contribution in [0.5, 0.6) is 0 Å². The summed E-state index contributed by atoms with van der Waals surface area (Å²) in [6, 6.07) is 5.89. The summed E-state index contributed by atoms with van der Waals surface area (Å²) in [5, 5.41) is 0. The molecule has 0 aliphatic heterocycles. The molecule has 0 spiro atoms. The fraction of sp³-hybridized carbons (Fsp3) is 0.611. The Labute approximate surface area is 138 Å². The molecular formula is C18H28BrNO. The molecule has 1 amide bonds. The van der Waals surface area contributed by atoms with Crippen LogP contribution in [0.25, 0.3) is 0 Å². The molecule has 1 aromatic carbocycles. The summed E-state index contributed by atoms with van der Waals surface area (Å²) in [4.78, 5) is 14.9. The number of rotatable bonds is 7. The van der Waals surface area contributed by atoms with Gasteiger partial charge in [-0.05, 0) is 59.2 Å². The van der Waals surface area contributed by atoms with Crippen LogP contribution < -0.4 is 0 Å². The van der Waals surface area contributed by atoms with Crippen LogP contribution in [0.15, 0.2) is 22.7 Å². The van der Waals surface area contributed by atoms with Crippen molar-refractivity contribution >= 4 is 21.8 Å². The fourth-order valence-corrected chi connectivity index (χ4v) is 2.56. The normalized spacial score (nSPS) is 11.2. The SMILES string of the molecule is Cc1cccc(C(=O)N(CCC(C)C)CCC(C)C)c1Br. The van der Waals surface area contributed by atoms with E-state index in [9.17, 15) is 4.79 Å². The van der Waals surface area contributed by atoms with Crippen LogP contribution >= 0.6 is 15.9 Å². The second-order valence-electron chi connectivity index (χ2n) is 6.59. The molecule has 0 aliphatic rings. The smallest absolute Gasteiger partial charge is 0.255 e. The van der Waals surface area contributed by atoms with Gasteiger partial charge in [0.05, 0.1) is 5.56 Å². The lowest BCUT2D eigenvalue weighted by atomic mass is 10.1. The average Bonchev–Trinajstić information content (AvgIpc) is 2.40. The number of amides is 1. The van der Waals surface area contributed by atoms with Gasteiger partial charge in [0.2, 0.25) is 0 Å². The molecule has 0 radical (unpaired) electrons. The summed E-state index contributed by atoms with van der Waals surface area (Å²) < 4.78 is 0.925. The Bertz CT molecular complexity index is 456. The molecule has 0 saturated heterocycles. The number of benzene rings is 1. The zero-order valence-corrected chi connectivity index (χ0v) is 15.5. The molecule has 0 N–H and O–H groups in total. The van der Waals surface area contributed by atoms with E-state index in [2.05, 4.69) is 43.6 Å². The zero-order valence-electron chi connectivity index (χ0n) is 13.9. The summed E-state index contributed by atoms with van der Waals surface area (Å²) in [5.74, 6) is 1.37. The van der Waals surface area contributed by atoms with Crippen LogP contribution in [-0.4, -0.2) is 23.9 Å². The van der Waals surface area contributed by atoms with E-state index in [1.807, 2.05) is 30.0 Å². The first-order valence-corrected chi connectivity index (χ1v) is 8.66. The van der Waals surface area contributed by atoms with Crippen LogP contribution in [0.1, 0.15) is 56.5 Å². The van der Waals surface area contributed by atoms with Crippen LogP contribution in [0.4, 0.5) is 0 Å². The van der Waals surface area contributed by atoms with Crippen molar-refractivity contribution in [1.29, 1.82) is 0 Å². The molecule has 21 heavy (non-hydrogen) atoms. The highest BCUT2D eigenvalue weighted by Crippen LogP contribution is 2.23. The van der Waals surface area contributed by atoms with Crippen molar-refractivity contribution in [2.24, 2.45) is 11.8 Å². The molecule has 1 rings (SSSR count). The topological polar surface area (TPSA) is 20.3 Å². The lowest BCUT2D eigenvalue weighted by Gasteiger charge is -2.25. The van der Waals surface area contributed by atoms with E-state index < -0.39 is 0 Å². The number of hydrogen-bond donors (Lipinski definition) is 0. The second kappa shape index (κ2) is 8.57. The maximum absolute atomic E-state index is 12.8. The molecule has 2 nitrogen and oxygen atoms in total. The van der Waals surface area contributed by atoms with E-state index >= 15 is 0 Å². The number of nitrogens with zero attached hydrogens (tertiary/aromatic N) is 1. The molecule has 3 heteroatoms. The quantitative estimate of drug-likeness (QED) is 0.651. The van der Waals surface area contributed by atoms with Gasteiger partial charge < -0.3 is 4.90 Å². The van der Waals surface area contributed by atoms with Crippen LogP contribution in [-0.2, 0) is 0 Å².